The van der Waals surface area contributed by atoms with E-state index in [4.69, 9.17) is 5.11 Å². The van der Waals surface area contributed by atoms with Gasteiger partial charge in [-0.3, -0.25) is 19.6 Å². The van der Waals surface area contributed by atoms with Gasteiger partial charge in [-0.15, -0.1) is 0 Å². The van der Waals surface area contributed by atoms with Crippen molar-refractivity contribution in [3.8, 4) is 0 Å². The van der Waals surface area contributed by atoms with E-state index in [0.29, 0.717) is 0 Å². The molecule has 0 fully saturated rings. The number of carboxylic acids is 1. The molecule has 0 saturated heterocycles. The molecular weight excluding hydrogens is 268 g/mol. The first-order valence-electron chi connectivity index (χ1n) is 5.50. The molecule has 0 unspecified atom stereocenters. The number of carboxylic acid groups (broad SMARTS) is 1. The highest BCUT2D eigenvalue weighted by atomic mass is 16.6. The van der Waals surface area contributed by atoms with E-state index >= 15 is 0 Å². The lowest BCUT2D eigenvalue weighted by molar-refractivity contribution is -0.386. The Hall–Kier alpha value is -2.97. The molecule has 0 spiro atoms. The Bertz CT molecular complexity index is 746. The van der Waals surface area contributed by atoms with E-state index in [0.717, 1.165) is 10.6 Å². The fourth-order valence-corrected chi connectivity index (χ4v) is 1.78. The summed E-state index contributed by atoms with van der Waals surface area (Å²) in [6, 6.07) is 2.45. The van der Waals surface area contributed by atoms with Gasteiger partial charge in [0.1, 0.15) is 5.56 Å². The van der Waals surface area contributed by atoms with E-state index in [1.165, 1.54) is 30.2 Å². The standard InChI is InChI=1S/C11H10N4O5/c1-13-9(7(5-12-13)11(17)18)6-14-4-2-3-8(10(14)16)15(19)20/h2-5H,6H2,1H3,(H,17,18). The van der Waals surface area contributed by atoms with Gasteiger partial charge in [0.05, 0.1) is 23.4 Å². The third kappa shape index (κ3) is 2.28. The van der Waals surface area contributed by atoms with Crippen molar-refractivity contribution in [1.82, 2.24) is 14.3 Å². The van der Waals surface area contributed by atoms with Crippen LogP contribution in [-0.2, 0) is 13.6 Å². The van der Waals surface area contributed by atoms with Crippen LogP contribution in [0.5, 0.6) is 0 Å². The molecule has 0 bridgehead atoms. The normalized spacial score (nSPS) is 10.4. The van der Waals surface area contributed by atoms with Gasteiger partial charge in [0.2, 0.25) is 0 Å². The van der Waals surface area contributed by atoms with E-state index in [2.05, 4.69) is 5.10 Å². The Morgan fingerprint density at radius 3 is 2.85 bits per heavy atom. The van der Waals surface area contributed by atoms with Gasteiger partial charge < -0.3 is 9.67 Å². The molecule has 2 heterocycles. The lowest BCUT2D eigenvalue weighted by atomic mass is 10.2. The van der Waals surface area contributed by atoms with Gasteiger partial charge in [-0.05, 0) is 6.07 Å². The fraction of sp³-hybridized carbons (Fsp3) is 0.182. The predicted molar refractivity (Wildman–Crippen MR) is 66.6 cm³/mol. The number of carbonyl (C=O) groups is 1. The minimum absolute atomic E-state index is 0.0501. The van der Waals surface area contributed by atoms with Crippen LogP contribution in [0.2, 0.25) is 0 Å². The highest BCUT2D eigenvalue weighted by molar-refractivity contribution is 5.88. The average molecular weight is 278 g/mol. The third-order valence-corrected chi connectivity index (χ3v) is 2.81. The molecule has 0 amide bonds. The number of aryl methyl sites for hydroxylation is 1. The molecule has 2 aromatic heterocycles. The van der Waals surface area contributed by atoms with Crippen LogP contribution in [0.15, 0.2) is 29.3 Å². The molecule has 0 saturated carbocycles. The zero-order chi connectivity index (χ0) is 14.9. The van der Waals surface area contributed by atoms with Gasteiger partial charge in [-0.25, -0.2) is 4.79 Å². The van der Waals surface area contributed by atoms with Gasteiger partial charge in [-0.2, -0.15) is 5.10 Å². The number of aromatic nitrogens is 3. The van der Waals surface area contributed by atoms with E-state index in [1.807, 2.05) is 0 Å². The maximum Gasteiger partial charge on any atom is 0.339 e. The Kier molecular flexibility index (Phi) is 3.34. The Labute approximate surface area is 111 Å². The van der Waals surface area contributed by atoms with Crippen LogP contribution in [0.3, 0.4) is 0 Å². The van der Waals surface area contributed by atoms with Crippen molar-refractivity contribution in [2.75, 3.05) is 0 Å². The average Bonchev–Trinajstić information content (AvgIpc) is 2.73. The van der Waals surface area contributed by atoms with Crippen molar-refractivity contribution in [2.45, 2.75) is 6.54 Å². The van der Waals surface area contributed by atoms with E-state index in [-0.39, 0.29) is 17.8 Å². The van der Waals surface area contributed by atoms with E-state index in [9.17, 15) is 19.7 Å². The molecule has 0 aliphatic carbocycles. The van der Waals surface area contributed by atoms with Crippen LogP contribution in [-0.4, -0.2) is 30.3 Å². The molecule has 0 radical (unpaired) electrons. The second-order valence-electron chi connectivity index (χ2n) is 4.02. The number of hydrogen-bond donors (Lipinski definition) is 1. The summed E-state index contributed by atoms with van der Waals surface area (Å²) in [5.74, 6) is -1.17. The zero-order valence-electron chi connectivity index (χ0n) is 10.4. The first-order valence-corrected chi connectivity index (χ1v) is 5.50. The lowest BCUT2D eigenvalue weighted by Crippen LogP contribution is -2.24. The second kappa shape index (κ2) is 4.96. The zero-order valence-corrected chi connectivity index (χ0v) is 10.4. The minimum Gasteiger partial charge on any atom is -0.478 e. The lowest BCUT2D eigenvalue weighted by Gasteiger charge is -2.07. The molecule has 9 nitrogen and oxygen atoms in total. The quantitative estimate of drug-likeness (QED) is 0.631. The molecule has 1 N–H and O–H groups in total. The molecule has 0 aliphatic rings. The van der Waals surface area contributed by atoms with E-state index < -0.39 is 22.1 Å². The highest BCUT2D eigenvalue weighted by Crippen LogP contribution is 2.10. The van der Waals surface area contributed by atoms with Gasteiger partial charge in [0.25, 0.3) is 0 Å². The van der Waals surface area contributed by atoms with Crippen molar-refractivity contribution in [3.05, 3.63) is 56.3 Å². The van der Waals surface area contributed by atoms with Gasteiger partial charge in [-0.1, -0.05) is 0 Å². The number of rotatable bonds is 4. The topological polar surface area (TPSA) is 120 Å². The SMILES string of the molecule is Cn1ncc(C(=O)O)c1Cn1cccc([N+](=O)[O-])c1=O. The van der Waals surface area contributed by atoms with Crippen LogP contribution < -0.4 is 5.56 Å². The first kappa shape index (κ1) is 13.5. The molecule has 20 heavy (non-hydrogen) atoms. The van der Waals surface area contributed by atoms with Gasteiger partial charge in [0, 0.05) is 19.3 Å². The summed E-state index contributed by atoms with van der Waals surface area (Å²) in [6.07, 6.45) is 2.52. The number of aromatic carboxylic acids is 1. The summed E-state index contributed by atoms with van der Waals surface area (Å²) in [5, 5.41) is 23.5. The van der Waals surface area contributed by atoms with Crippen molar-refractivity contribution in [3.63, 3.8) is 0 Å². The summed E-state index contributed by atoms with van der Waals surface area (Å²) in [6.45, 7) is -0.112. The number of nitro groups is 1. The maximum absolute atomic E-state index is 11.9. The van der Waals surface area contributed by atoms with Crippen LogP contribution in [0.25, 0.3) is 0 Å². The Morgan fingerprint density at radius 2 is 2.25 bits per heavy atom. The summed E-state index contributed by atoms with van der Waals surface area (Å²) < 4.78 is 2.39. The second-order valence-corrected chi connectivity index (χ2v) is 4.02. The molecule has 9 heteroatoms. The number of nitrogens with zero attached hydrogens (tertiary/aromatic N) is 4. The Morgan fingerprint density at radius 1 is 1.55 bits per heavy atom. The summed E-state index contributed by atoms with van der Waals surface area (Å²) in [4.78, 5) is 32.8. The molecule has 2 rings (SSSR count). The smallest absolute Gasteiger partial charge is 0.339 e. The fourth-order valence-electron chi connectivity index (χ4n) is 1.78. The summed E-state index contributed by atoms with van der Waals surface area (Å²) >= 11 is 0. The monoisotopic (exact) mass is 278 g/mol. The van der Waals surface area contributed by atoms with E-state index in [1.54, 1.807) is 0 Å². The van der Waals surface area contributed by atoms with Gasteiger partial charge in [0.15, 0.2) is 0 Å². The third-order valence-electron chi connectivity index (χ3n) is 2.81. The van der Waals surface area contributed by atoms with Gasteiger partial charge >= 0.3 is 17.2 Å². The number of hydrogen-bond acceptors (Lipinski definition) is 5. The largest absolute Gasteiger partial charge is 0.478 e. The maximum atomic E-state index is 11.9. The minimum atomic E-state index is -1.17. The summed E-state index contributed by atoms with van der Waals surface area (Å²) in [5.41, 5.74) is -1.13. The van der Waals surface area contributed by atoms with Crippen LogP contribution in [0.1, 0.15) is 16.1 Å². The van der Waals surface area contributed by atoms with Crippen molar-refractivity contribution in [1.29, 1.82) is 0 Å². The van der Waals surface area contributed by atoms with Crippen LogP contribution in [0.4, 0.5) is 5.69 Å². The van der Waals surface area contributed by atoms with Crippen LogP contribution in [0, 0.1) is 10.1 Å². The molecule has 0 atom stereocenters. The highest BCUT2D eigenvalue weighted by Gasteiger charge is 2.18. The molecular formula is C11H10N4O5. The Balaban J connectivity index is 2.49. The molecule has 104 valence electrons. The van der Waals surface area contributed by atoms with Crippen LogP contribution >= 0.6 is 0 Å². The molecule has 2 aromatic rings. The molecule has 0 aliphatic heterocycles. The summed E-state index contributed by atoms with van der Waals surface area (Å²) in [7, 11) is 1.53. The van der Waals surface area contributed by atoms with Crippen molar-refractivity contribution < 1.29 is 14.8 Å². The van der Waals surface area contributed by atoms with Crippen molar-refractivity contribution in [2.24, 2.45) is 7.05 Å². The molecule has 0 aromatic carbocycles. The van der Waals surface area contributed by atoms with Crippen molar-refractivity contribution >= 4 is 11.7 Å². The predicted octanol–water partition coefficient (Wildman–Crippen LogP) is 0.236. The first-order chi connectivity index (χ1) is 9.41. The number of pyridine rings is 1.